The van der Waals surface area contributed by atoms with Crippen LogP contribution in [0.5, 0.6) is 0 Å². The molecule has 0 saturated heterocycles. The van der Waals surface area contributed by atoms with Gasteiger partial charge in [-0.2, -0.15) is 0 Å². The summed E-state index contributed by atoms with van der Waals surface area (Å²) in [7, 11) is -4.06. The summed E-state index contributed by atoms with van der Waals surface area (Å²) >= 11 is 0. The van der Waals surface area contributed by atoms with Gasteiger partial charge in [0.1, 0.15) is 6.10 Å². The molecule has 0 radical (unpaired) electrons. The van der Waals surface area contributed by atoms with Gasteiger partial charge < -0.3 is 10.1 Å². The van der Waals surface area contributed by atoms with Crippen molar-refractivity contribution in [1.82, 2.24) is 10.0 Å². The smallest absolute Gasteiger partial charge is 0.338 e. The minimum atomic E-state index is -4.06. The molecule has 0 saturated carbocycles. The Bertz CT molecular complexity index is 1000. The average molecular weight is 429 g/mol. The highest BCUT2D eigenvalue weighted by Crippen LogP contribution is 2.12. The van der Waals surface area contributed by atoms with Crippen LogP contribution in [0.25, 0.3) is 0 Å². The molecule has 30 heavy (non-hydrogen) atoms. The first kappa shape index (κ1) is 22.9. The molecule has 0 bridgehead atoms. The third kappa shape index (κ3) is 6.31. The summed E-state index contributed by atoms with van der Waals surface area (Å²) in [5.41, 5.74) is 1.23. The van der Waals surface area contributed by atoms with E-state index < -0.39 is 34.2 Å². The number of nitrogens with one attached hydrogen (secondary N) is 2. The van der Waals surface area contributed by atoms with Crippen LogP contribution in [-0.2, 0) is 14.8 Å². The molecule has 0 unspecified atom stereocenters. The van der Waals surface area contributed by atoms with Crippen LogP contribution in [-0.4, -0.2) is 32.6 Å². The van der Waals surface area contributed by atoms with Gasteiger partial charge in [0.05, 0.1) is 16.5 Å². The lowest BCUT2D eigenvalue weighted by atomic mass is 10.1. The molecule has 2 atom stereocenters. The molecule has 7 nitrogen and oxygen atoms in total. The van der Waals surface area contributed by atoms with Crippen LogP contribution in [0.4, 0.5) is 4.79 Å². The first-order valence-electron chi connectivity index (χ1n) is 9.16. The molecule has 0 heterocycles. The number of urea groups is 1. The fourth-order valence-corrected chi connectivity index (χ4v) is 3.53. The normalized spacial score (nSPS) is 12.8. The number of ether oxygens (including phenoxy) is 1. The third-order valence-electron chi connectivity index (χ3n) is 4.18. The zero-order valence-electron chi connectivity index (χ0n) is 16.6. The van der Waals surface area contributed by atoms with E-state index in [0.717, 1.165) is 5.56 Å². The van der Waals surface area contributed by atoms with E-state index >= 15 is 0 Å². The number of benzene rings is 2. The molecular formula is C22H24N2O5S. The van der Waals surface area contributed by atoms with Crippen LogP contribution in [0.3, 0.4) is 0 Å². The average Bonchev–Trinajstić information content (AvgIpc) is 2.72. The lowest BCUT2D eigenvalue weighted by molar-refractivity contribution is 0.0330. The molecule has 0 fully saturated rings. The van der Waals surface area contributed by atoms with Crippen molar-refractivity contribution in [2.75, 3.05) is 0 Å². The van der Waals surface area contributed by atoms with Crippen LogP contribution >= 0.6 is 0 Å². The molecule has 8 heteroatoms. The van der Waals surface area contributed by atoms with Crippen molar-refractivity contribution in [2.45, 2.75) is 30.4 Å². The Morgan fingerprint density at radius 1 is 1.07 bits per heavy atom. The molecule has 2 N–H and O–H groups in total. The van der Waals surface area contributed by atoms with Crippen LogP contribution in [0, 0.1) is 6.92 Å². The molecular weight excluding hydrogens is 404 g/mol. The Kier molecular flexibility index (Phi) is 7.94. The van der Waals surface area contributed by atoms with E-state index in [0.29, 0.717) is 5.56 Å². The molecule has 0 aliphatic heterocycles. The molecule has 2 aromatic rings. The molecule has 0 aliphatic rings. The Morgan fingerprint density at radius 3 is 2.27 bits per heavy atom. The van der Waals surface area contributed by atoms with Crippen molar-refractivity contribution in [3.8, 4) is 0 Å². The Balaban J connectivity index is 2.09. The van der Waals surface area contributed by atoms with Crippen molar-refractivity contribution in [3.05, 3.63) is 91.0 Å². The standard InChI is InChI=1S/C22H24N2O5S/c1-4-9-19(20(5-2)29-21(25)17-10-7-6-8-11-17)23-22(26)24-30(27,28)18-14-12-16(3)13-15-18/h4-8,10-15,19-20H,1-2,9H2,3H3,(H2,23,24,26)/t19-,20-/m0/s1. The summed E-state index contributed by atoms with van der Waals surface area (Å²) in [4.78, 5) is 24.6. The summed E-state index contributed by atoms with van der Waals surface area (Å²) in [6, 6.07) is 12.7. The van der Waals surface area contributed by atoms with Gasteiger partial charge in [-0.05, 0) is 43.7 Å². The van der Waals surface area contributed by atoms with E-state index in [1.54, 1.807) is 42.5 Å². The lowest BCUT2D eigenvalue weighted by Gasteiger charge is -2.25. The number of esters is 1. The van der Waals surface area contributed by atoms with Crippen LogP contribution in [0.15, 0.2) is 84.8 Å². The van der Waals surface area contributed by atoms with E-state index in [9.17, 15) is 18.0 Å². The highest BCUT2D eigenvalue weighted by molar-refractivity contribution is 7.90. The van der Waals surface area contributed by atoms with Gasteiger partial charge in [-0.3, -0.25) is 0 Å². The van der Waals surface area contributed by atoms with Gasteiger partial charge in [-0.1, -0.05) is 48.6 Å². The largest absolute Gasteiger partial charge is 0.452 e. The Labute approximate surface area is 176 Å². The van der Waals surface area contributed by atoms with Crippen molar-refractivity contribution in [2.24, 2.45) is 0 Å². The number of hydrogen-bond donors (Lipinski definition) is 2. The number of rotatable bonds is 9. The van der Waals surface area contributed by atoms with Gasteiger partial charge in [0.2, 0.25) is 0 Å². The summed E-state index contributed by atoms with van der Waals surface area (Å²) < 4.78 is 32.2. The van der Waals surface area contributed by atoms with Gasteiger partial charge in [-0.15, -0.1) is 6.58 Å². The number of carbonyl (C=O) groups is 2. The SMILES string of the molecule is C=CC[C@H](NC(=O)NS(=O)(=O)c1ccc(C)cc1)[C@H](C=C)OC(=O)c1ccccc1. The summed E-state index contributed by atoms with van der Waals surface area (Å²) in [5, 5.41) is 2.51. The van der Waals surface area contributed by atoms with Crippen LogP contribution < -0.4 is 10.0 Å². The molecule has 2 aromatic carbocycles. The van der Waals surface area contributed by atoms with Gasteiger partial charge >= 0.3 is 12.0 Å². The number of sulfonamides is 1. The molecule has 0 aliphatic carbocycles. The second-order valence-corrected chi connectivity index (χ2v) is 8.18. The fraction of sp³-hybridized carbons (Fsp3) is 0.182. The number of hydrogen-bond acceptors (Lipinski definition) is 5. The first-order chi connectivity index (χ1) is 14.3. The van der Waals surface area contributed by atoms with Crippen molar-refractivity contribution < 1.29 is 22.7 Å². The monoisotopic (exact) mass is 428 g/mol. The molecule has 2 amide bonds. The van der Waals surface area contributed by atoms with Crippen molar-refractivity contribution >= 4 is 22.0 Å². The maximum atomic E-state index is 12.4. The maximum absolute atomic E-state index is 12.4. The number of aryl methyl sites for hydroxylation is 1. The van der Waals surface area contributed by atoms with E-state index in [1.165, 1.54) is 24.3 Å². The number of amides is 2. The second-order valence-electron chi connectivity index (χ2n) is 6.49. The minimum Gasteiger partial charge on any atom is -0.452 e. The van der Waals surface area contributed by atoms with Gasteiger partial charge in [0.25, 0.3) is 10.0 Å². The summed E-state index contributed by atoms with van der Waals surface area (Å²) in [6.45, 7) is 9.10. The minimum absolute atomic E-state index is 0.0423. The van der Waals surface area contributed by atoms with Crippen LogP contribution in [0.1, 0.15) is 22.3 Å². The first-order valence-corrected chi connectivity index (χ1v) is 10.6. The van der Waals surface area contributed by atoms with E-state index in [2.05, 4.69) is 18.5 Å². The fourth-order valence-electron chi connectivity index (χ4n) is 2.61. The molecule has 0 spiro atoms. The van der Waals surface area contributed by atoms with Crippen molar-refractivity contribution in [3.63, 3.8) is 0 Å². The predicted molar refractivity (Wildman–Crippen MR) is 114 cm³/mol. The molecule has 2 rings (SSSR count). The summed E-state index contributed by atoms with van der Waals surface area (Å²) in [5.74, 6) is -0.593. The van der Waals surface area contributed by atoms with Gasteiger partial charge in [-0.25, -0.2) is 22.7 Å². The third-order valence-corrected chi connectivity index (χ3v) is 5.52. The van der Waals surface area contributed by atoms with Gasteiger partial charge in [0.15, 0.2) is 0 Å². The van der Waals surface area contributed by atoms with E-state index in [4.69, 9.17) is 4.74 Å². The zero-order valence-corrected chi connectivity index (χ0v) is 17.4. The van der Waals surface area contributed by atoms with E-state index in [1.807, 2.05) is 11.6 Å². The van der Waals surface area contributed by atoms with Gasteiger partial charge in [0, 0.05) is 0 Å². The molecule has 158 valence electrons. The highest BCUT2D eigenvalue weighted by Gasteiger charge is 2.26. The van der Waals surface area contributed by atoms with Crippen molar-refractivity contribution in [1.29, 1.82) is 0 Å². The molecule has 0 aromatic heterocycles. The predicted octanol–water partition coefficient (Wildman–Crippen LogP) is 3.34. The quantitative estimate of drug-likeness (QED) is 0.471. The maximum Gasteiger partial charge on any atom is 0.338 e. The Hall–Kier alpha value is -3.39. The summed E-state index contributed by atoms with van der Waals surface area (Å²) in [6.07, 6.45) is 2.20. The Morgan fingerprint density at radius 2 is 1.70 bits per heavy atom. The zero-order chi connectivity index (χ0) is 22.1. The van der Waals surface area contributed by atoms with Crippen LogP contribution in [0.2, 0.25) is 0 Å². The number of carbonyl (C=O) groups excluding carboxylic acids is 2. The highest BCUT2D eigenvalue weighted by atomic mass is 32.2. The topological polar surface area (TPSA) is 102 Å². The van der Waals surface area contributed by atoms with E-state index in [-0.39, 0.29) is 11.3 Å². The lowest BCUT2D eigenvalue weighted by Crippen LogP contribution is -2.49. The second kappa shape index (κ2) is 10.4.